The third-order valence-electron chi connectivity index (χ3n) is 10.4. The van der Waals surface area contributed by atoms with E-state index in [4.69, 9.17) is 21.1 Å². The van der Waals surface area contributed by atoms with E-state index in [0.717, 1.165) is 15.8 Å². The molecule has 6 aromatic rings. The minimum Gasteiger partial charge on any atom is -0.456 e. The van der Waals surface area contributed by atoms with E-state index >= 15 is 0 Å². The van der Waals surface area contributed by atoms with Crippen LogP contribution in [0.25, 0.3) is 27.7 Å². The van der Waals surface area contributed by atoms with Crippen LogP contribution in [0.2, 0.25) is 5.02 Å². The van der Waals surface area contributed by atoms with Crippen LogP contribution in [0.5, 0.6) is 0 Å². The second kappa shape index (κ2) is 13.6. The van der Waals surface area contributed by atoms with E-state index in [1.807, 2.05) is 0 Å². The Morgan fingerprint density at radius 3 is 2.34 bits per heavy atom. The predicted octanol–water partition coefficient (Wildman–Crippen LogP) is 6.70. The van der Waals surface area contributed by atoms with Gasteiger partial charge in [-0.1, -0.05) is 35.0 Å². The van der Waals surface area contributed by atoms with Crippen LogP contribution in [0.3, 0.4) is 0 Å². The number of esters is 1. The van der Waals surface area contributed by atoms with Gasteiger partial charge in [-0.25, -0.2) is 28.0 Å². The van der Waals surface area contributed by atoms with Crippen molar-refractivity contribution in [3.63, 3.8) is 0 Å². The molecular weight excluding hydrogens is 792 g/mol. The molecule has 0 N–H and O–H groups in total. The number of hydrogen-bond donors (Lipinski definition) is 0. The zero-order chi connectivity index (χ0) is 41.7. The van der Waals surface area contributed by atoms with Crippen LogP contribution in [0.4, 0.5) is 19.4 Å². The van der Waals surface area contributed by atoms with Crippen LogP contribution in [0.1, 0.15) is 88.0 Å². The average molecular weight is 822 g/mol. The number of ether oxygens (including phenoxy) is 2. The van der Waals surface area contributed by atoms with E-state index in [1.54, 1.807) is 57.2 Å². The van der Waals surface area contributed by atoms with Gasteiger partial charge in [-0.3, -0.25) is 23.7 Å². The Morgan fingerprint density at radius 2 is 1.66 bits per heavy atom. The molecule has 3 atom stereocenters. The number of anilines is 1. The van der Waals surface area contributed by atoms with Crippen molar-refractivity contribution in [2.75, 3.05) is 11.5 Å². The molecule has 0 saturated heterocycles. The minimum absolute atomic E-state index is 0.0206. The predicted molar refractivity (Wildman–Crippen MR) is 205 cm³/mol. The first-order valence-electron chi connectivity index (χ1n) is 18.3. The highest BCUT2D eigenvalue weighted by Crippen LogP contribution is 2.59. The maximum absolute atomic E-state index is 13.7. The summed E-state index contributed by atoms with van der Waals surface area (Å²) in [5, 5.41) is 12.2. The summed E-state index contributed by atoms with van der Waals surface area (Å²) < 4.78 is 41.0. The lowest BCUT2D eigenvalue weighted by molar-refractivity contribution is -0.147. The highest BCUT2D eigenvalue weighted by atomic mass is 35.5. The molecule has 2 aliphatic heterocycles. The smallest absolute Gasteiger partial charge is 0.435 e. The molecule has 5 heterocycles. The van der Waals surface area contributed by atoms with Gasteiger partial charge in [0.1, 0.15) is 17.3 Å². The number of amides is 2. The summed E-state index contributed by atoms with van der Waals surface area (Å²) in [6.45, 7) is 4.23. The minimum atomic E-state index is -2.84. The first kappa shape index (κ1) is 37.7. The Kier molecular flexibility index (Phi) is 8.70. The van der Waals surface area contributed by atoms with Crippen molar-refractivity contribution in [1.29, 1.82) is 0 Å². The Balaban J connectivity index is 0.978. The summed E-state index contributed by atoms with van der Waals surface area (Å²) in [5.74, 6) is -3.27. The van der Waals surface area contributed by atoms with Gasteiger partial charge in [0.05, 0.1) is 28.5 Å². The molecule has 3 aromatic heterocycles. The summed E-state index contributed by atoms with van der Waals surface area (Å²) in [7, 11) is 0. The number of nitrogens with zero attached hydrogens (tertiary/aromatic N) is 7. The van der Waals surface area contributed by atoms with Gasteiger partial charge in [0.2, 0.25) is 0 Å². The van der Waals surface area contributed by atoms with Crippen molar-refractivity contribution in [2.45, 2.75) is 51.2 Å². The molecule has 298 valence electrons. The molecule has 18 heteroatoms. The van der Waals surface area contributed by atoms with E-state index < -0.39 is 65.6 Å². The molecule has 0 unspecified atom stereocenters. The van der Waals surface area contributed by atoms with Gasteiger partial charge in [-0.15, -0.1) is 10.2 Å². The second-order valence-electron chi connectivity index (χ2n) is 15.3. The lowest BCUT2D eigenvalue weighted by Gasteiger charge is -2.19. The van der Waals surface area contributed by atoms with E-state index in [0.29, 0.717) is 34.0 Å². The van der Waals surface area contributed by atoms with Gasteiger partial charge >= 0.3 is 12.1 Å². The van der Waals surface area contributed by atoms with Crippen LogP contribution in [0, 0.1) is 5.92 Å². The lowest BCUT2D eigenvalue weighted by atomic mass is 10.0. The summed E-state index contributed by atoms with van der Waals surface area (Å²) in [4.78, 5) is 81.9. The van der Waals surface area contributed by atoms with Crippen molar-refractivity contribution >= 4 is 58.0 Å². The SMILES string of the molecule is CC(C)(C)OC(=O)n1nc(N2C(=O)c3ccccc3C2=O)c2ccc(C(=O)COC(=O)[C@@H]3[C@H]4C[C@H]4c4cc(-c5cc(Cl)ccc5-n5cc(C(F)F)nn5)cc(=O)n43)cc21. The van der Waals surface area contributed by atoms with E-state index in [1.165, 1.54) is 45.6 Å². The number of ketones is 1. The van der Waals surface area contributed by atoms with E-state index in [-0.39, 0.29) is 45.2 Å². The fourth-order valence-corrected chi connectivity index (χ4v) is 7.89. The van der Waals surface area contributed by atoms with Crippen molar-refractivity contribution in [3.8, 4) is 16.8 Å². The van der Waals surface area contributed by atoms with Crippen molar-refractivity contribution in [2.24, 2.45) is 5.92 Å². The number of alkyl halides is 2. The van der Waals surface area contributed by atoms with Crippen LogP contribution >= 0.6 is 11.6 Å². The number of aromatic nitrogens is 6. The zero-order valence-electron chi connectivity index (χ0n) is 31.3. The summed E-state index contributed by atoms with van der Waals surface area (Å²) in [6.07, 6.45) is -2.10. The fourth-order valence-electron chi connectivity index (χ4n) is 7.72. The molecule has 9 rings (SSSR count). The number of halogens is 3. The average Bonchev–Trinajstić information content (AvgIpc) is 3.45. The van der Waals surface area contributed by atoms with Gasteiger partial charge in [-0.2, -0.15) is 4.68 Å². The number of imide groups is 1. The number of benzene rings is 3. The molecule has 15 nitrogen and oxygen atoms in total. The molecule has 0 bridgehead atoms. The number of pyridine rings is 1. The Morgan fingerprint density at radius 1 is 0.932 bits per heavy atom. The first-order chi connectivity index (χ1) is 28.1. The number of hydrogen-bond acceptors (Lipinski definition) is 11. The molecule has 3 aliphatic rings. The number of carbonyl (C=O) groups excluding carboxylic acids is 5. The van der Waals surface area contributed by atoms with Gasteiger partial charge < -0.3 is 9.47 Å². The van der Waals surface area contributed by atoms with Crippen LogP contribution in [0.15, 0.2) is 83.8 Å². The molecule has 3 aromatic carbocycles. The van der Waals surface area contributed by atoms with E-state index in [9.17, 15) is 37.5 Å². The normalized spacial score (nSPS) is 17.9. The molecule has 0 spiro atoms. The molecule has 1 fully saturated rings. The second-order valence-corrected chi connectivity index (χ2v) is 15.8. The quantitative estimate of drug-likeness (QED) is 0.0906. The standard InChI is InChI=1S/C41H30ClF2N7O8/c1-41(2,3)59-40(57)51-31-12-19(8-10-24(31)36(46-51)50-37(54)22-6-4-5-7-23(22)38(50)55)32(52)18-58-39(56)34-27-16-26(27)30-13-20(14-33(53)49(30)34)25-15-21(42)9-11-29(25)48-17-28(35(43)44)45-47-48/h4-15,17,26-27,34-35H,16,18H2,1-3H3/t26-,27+,34+/m1/s1. The highest BCUT2D eigenvalue weighted by molar-refractivity contribution is 6.35. The summed E-state index contributed by atoms with van der Waals surface area (Å²) in [5.41, 5.74) is 0.187. The lowest BCUT2D eigenvalue weighted by Crippen LogP contribution is -2.32. The van der Waals surface area contributed by atoms with Gasteiger partial charge in [0.15, 0.2) is 18.2 Å². The topological polar surface area (TPSA) is 178 Å². The van der Waals surface area contributed by atoms with Crippen LogP contribution < -0.4 is 10.5 Å². The van der Waals surface area contributed by atoms with Crippen molar-refractivity contribution in [1.82, 2.24) is 29.3 Å². The van der Waals surface area contributed by atoms with Crippen molar-refractivity contribution < 1.29 is 42.2 Å². The van der Waals surface area contributed by atoms with E-state index in [2.05, 4.69) is 15.4 Å². The molecule has 1 aliphatic carbocycles. The van der Waals surface area contributed by atoms with Crippen molar-refractivity contribution in [3.05, 3.63) is 122 Å². The zero-order valence-corrected chi connectivity index (χ0v) is 32.0. The molecular formula is C41H30ClF2N7O8. The summed E-state index contributed by atoms with van der Waals surface area (Å²) >= 11 is 6.31. The molecule has 0 radical (unpaired) electrons. The van der Waals surface area contributed by atoms with Gasteiger partial charge in [-0.05, 0) is 87.2 Å². The first-order valence-corrected chi connectivity index (χ1v) is 18.7. The maximum atomic E-state index is 13.7. The number of rotatable bonds is 8. The monoisotopic (exact) mass is 821 g/mol. The number of fused-ring (bicyclic) bond motifs is 5. The van der Waals surface area contributed by atoms with Gasteiger partial charge in [0, 0.05) is 39.2 Å². The molecule has 2 amide bonds. The fraction of sp³-hybridized carbons (Fsp3) is 0.244. The molecule has 1 saturated carbocycles. The van der Waals surface area contributed by atoms with Gasteiger partial charge in [0.25, 0.3) is 23.8 Å². The number of Topliss-reactive ketones (excluding diaryl/α,β-unsaturated/α-hetero) is 1. The third kappa shape index (κ3) is 6.37. The highest BCUT2D eigenvalue weighted by Gasteiger charge is 2.56. The Bertz CT molecular complexity index is 2860. The maximum Gasteiger partial charge on any atom is 0.435 e. The third-order valence-corrected chi connectivity index (χ3v) is 10.6. The summed E-state index contributed by atoms with van der Waals surface area (Å²) in [6, 6.07) is 17.2. The largest absolute Gasteiger partial charge is 0.456 e. The Hall–Kier alpha value is -6.88. The van der Waals surface area contributed by atoms with Crippen LogP contribution in [-0.2, 0) is 14.3 Å². The number of carbonyl (C=O) groups is 5. The Labute approximate surface area is 336 Å². The van der Waals surface area contributed by atoms with Crippen LogP contribution in [-0.4, -0.2) is 71.2 Å². The molecule has 59 heavy (non-hydrogen) atoms.